The maximum atomic E-state index is 13.1. The van der Waals surface area contributed by atoms with Crippen LogP contribution in [0, 0.1) is 0 Å². The minimum Gasteiger partial charge on any atom is -0.459 e. The Morgan fingerprint density at radius 3 is 2.48 bits per heavy atom. The first-order chi connectivity index (χ1) is 12.9. The molecule has 0 saturated carbocycles. The largest absolute Gasteiger partial charge is 0.459 e. The van der Waals surface area contributed by atoms with Crippen molar-refractivity contribution < 1.29 is 17.6 Å². The van der Waals surface area contributed by atoms with Crippen LogP contribution in [-0.2, 0) is 10.0 Å². The molecule has 1 aromatic heterocycles. The molecular formula is C19H17ClN2O4S. The molecular weight excluding hydrogens is 388 g/mol. The fourth-order valence-corrected chi connectivity index (χ4v) is 4.23. The van der Waals surface area contributed by atoms with Crippen LogP contribution in [0.1, 0.15) is 17.5 Å². The molecule has 27 heavy (non-hydrogen) atoms. The summed E-state index contributed by atoms with van der Waals surface area (Å²) in [6.07, 6.45) is 1.37. The number of anilines is 2. The molecule has 3 rings (SSSR count). The van der Waals surface area contributed by atoms with Crippen LogP contribution >= 0.6 is 11.6 Å². The lowest BCUT2D eigenvalue weighted by Gasteiger charge is -2.23. The summed E-state index contributed by atoms with van der Waals surface area (Å²) in [6, 6.07) is 16.0. The highest BCUT2D eigenvalue weighted by Gasteiger charge is 2.25. The predicted molar refractivity (Wildman–Crippen MR) is 105 cm³/mol. The Morgan fingerprint density at radius 2 is 1.85 bits per heavy atom. The average Bonchev–Trinajstić information content (AvgIpc) is 3.19. The minimum absolute atomic E-state index is 0.0207. The number of hydrogen-bond donors (Lipinski definition) is 1. The van der Waals surface area contributed by atoms with Crippen molar-refractivity contribution in [2.24, 2.45) is 0 Å². The number of hydrogen-bond acceptors (Lipinski definition) is 4. The standard InChI is InChI=1S/C19H17ClN2O4S/c1-2-22(14-7-4-3-5-8-14)27(24,25)15-10-11-16(20)17(13-15)21-19(23)18-9-6-12-26-18/h3-13H,2H2,1H3,(H,21,23). The van der Waals surface area contributed by atoms with E-state index in [4.69, 9.17) is 16.0 Å². The van der Waals surface area contributed by atoms with Crippen molar-refractivity contribution in [3.63, 3.8) is 0 Å². The lowest BCUT2D eigenvalue weighted by Crippen LogP contribution is -2.30. The van der Waals surface area contributed by atoms with Crippen LogP contribution in [0.4, 0.5) is 11.4 Å². The Kier molecular flexibility index (Phi) is 5.53. The van der Waals surface area contributed by atoms with Crippen LogP contribution in [0.25, 0.3) is 0 Å². The van der Waals surface area contributed by atoms with Gasteiger partial charge in [-0.3, -0.25) is 9.10 Å². The van der Waals surface area contributed by atoms with Crippen molar-refractivity contribution in [3.8, 4) is 0 Å². The topological polar surface area (TPSA) is 79.6 Å². The van der Waals surface area contributed by atoms with Gasteiger partial charge >= 0.3 is 0 Å². The second-order valence-electron chi connectivity index (χ2n) is 5.58. The fraction of sp³-hybridized carbons (Fsp3) is 0.105. The quantitative estimate of drug-likeness (QED) is 0.660. The Morgan fingerprint density at radius 1 is 1.11 bits per heavy atom. The van der Waals surface area contributed by atoms with E-state index in [2.05, 4.69) is 5.32 Å². The molecule has 3 aromatic rings. The molecule has 0 atom stereocenters. The van der Waals surface area contributed by atoms with Crippen molar-refractivity contribution in [2.45, 2.75) is 11.8 Å². The van der Waals surface area contributed by atoms with Crippen molar-refractivity contribution in [1.82, 2.24) is 0 Å². The Hall–Kier alpha value is -2.77. The smallest absolute Gasteiger partial charge is 0.291 e. The van der Waals surface area contributed by atoms with Crippen molar-refractivity contribution in [1.29, 1.82) is 0 Å². The molecule has 6 nitrogen and oxygen atoms in total. The molecule has 1 N–H and O–H groups in total. The molecule has 140 valence electrons. The van der Waals surface area contributed by atoms with Gasteiger partial charge in [0, 0.05) is 6.54 Å². The van der Waals surface area contributed by atoms with E-state index in [1.54, 1.807) is 37.3 Å². The maximum Gasteiger partial charge on any atom is 0.291 e. The van der Waals surface area contributed by atoms with E-state index in [-0.39, 0.29) is 27.9 Å². The number of para-hydroxylation sites is 1. The molecule has 0 bridgehead atoms. The third-order valence-electron chi connectivity index (χ3n) is 3.85. The Labute approximate surface area is 162 Å². The first-order valence-corrected chi connectivity index (χ1v) is 9.97. The van der Waals surface area contributed by atoms with Gasteiger partial charge in [-0.15, -0.1) is 0 Å². The molecule has 0 saturated heterocycles. The zero-order chi connectivity index (χ0) is 19.4. The molecule has 0 aliphatic rings. The van der Waals surface area contributed by atoms with Gasteiger partial charge < -0.3 is 9.73 Å². The van der Waals surface area contributed by atoms with Gasteiger partial charge in [-0.1, -0.05) is 29.8 Å². The van der Waals surface area contributed by atoms with E-state index in [0.717, 1.165) is 0 Å². The van der Waals surface area contributed by atoms with E-state index < -0.39 is 15.9 Å². The number of benzene rings is 2. The average molecular weight is 405 g/mol. The molecule has 0 spiro atoms. The third-order valence-corrected chi connectivity index (χ3v) is 6.08. The van der Waals surface area contributed by atoms with Crippen LogP contribution in [-0.4, -0.2) is 20.9 Å². The molecule has 1 heterocycles. The van der Waals surface area contributed by atoms with Gasteiger partial charge in [-0.25, -0.2) is 8.42 Å². The van der Waals surface area contributed by atoms with E-state index in [1.807, 2.05) is 6.07 Å². The van der Waals surface area contributed by atoms with Gasteiger partial charge in [-0.05, 0) is 49.4 Å². The molecule has 0 fully saturated rings. The summed E-state index contributed by atoms with van der Waals surface area (Å²) < 4.78 is 32.5. The van der Waals surface area contributed by atoms with Crippen molar-refractivity contribution >= 4 is 38.9 Å². The SMILES string of the molecule is CCN(c1ccccc1)S(=O)(=O)c1ccc(Cl)c(NC(=O)c2ccco2)c1. The summed E-state index contributed by atoms with van der Waals surface area (Å²) in [5.74, 6) is -0.425. The van der Waals surface area contributed by atoms with Gasteiger partial charge in [0.2, 0.25) is 0 Å². The lowest BCUT2D eigenvalue weighted by molar-refractivity contribution is 0.0996. The second kappa shape index (κ2) is 7.85. The zero-order valence-corrected chi connectivity index (χ0v) is 16.0. The third kappa shape index (κ3) is 3.99. The van der Waals surface area contributed by atoms with Gasteiger partial charge in [-0.2, -0.15) is 0 Å². The van der Waals surface area contributed by atoms with Crippen LogP contribution in [0.3, 0.4) is 0 Å². The van der Waals surface area contributed by atoms with Gasteiger partial charge in [0.1, 0.15) is 0 Å². The molecule has 0 radical (unpaired) electrons. The monoisotopic (exact) mass is 404 g/mol. The van der Waals surface area contributed by atoms with Crippen LogP contribution in [0.5, 0.6) is 0 Å². The molecule has 0 aliphatic carbocycles. The highest BCUT2D eigenvalue weighted by atomic mass is 35.5. The maximum absolute atomic E-state index is 13.1. The van der Waals surface area contributed by atoms with E-state index in [0.29, 0.717) is 5.69 Å². The Balaban J connectivity index is 1.95. The number of carbonyl (C=O) groups is 1. The number of carbonyl (C=O) groups excluding carboxylic acids is 1. The first kappa shape index (κ1) is 19.0. The number of nitrogens with zero attached hydrogens (tertiary/aromatic N) is 1. The van der Waals surface area contributed by atoms with Crippen LogP contribution < -0.4 is 9.62 Å². The predicted octanol–water partition coefficient (Wildman–Crippen LogP) is 4.40. The van der Waals surface area contributed by atoms with Crippen molar-refractivity contribution in [2.75, 3.05) is 16.2 Å². The number of sulfonamides is 1. The summed E-state index contributed by atoms with van der Waals surface area (Å²) in [5, 5.41) is 2.79. The van der Waals surface area contributed by atoms with Crippen molar-refractivity contribution in [3.05, 3.63) is 77.7 Å². The van der Waals surface area contributed by atoms with E-state index >= 15 is 0 Å². The highest BCUT2D eigenvalue weighted by molar-refractivity contribution is 7.92. The van der Waals surface area contributed by atoms with E-state index in [1.165, 1.54) is 34.8 Å². The molecule has 8 heteroatoms. The first-order valence-electron chi connectivity index (χ1n) is 8.15. The number of halogens is 1. The summed E-state index contributed by atoms with van der Waals surface area (Å²) in [6.45, 7) is 2.00. The normalized spacial score (nSPS) is 11.2. The highest BCUT2D eigenvalue weighted by Crippen LogP contribution is 2.29. The lowest BCUT2D eigenvalue weighted by atomic mass is 10.3. The molecule has 1 amide bonds. The van der Waals surface area contributed by atoms with Crippen LogP contribution in [0.2, 0.25) is 5.02 Å². The summed E-state index contributed by atoms with van der Waals surface area (Å²) in [5.41, 5.74) is 0.736. The summed E-state index contributed by atoms with van der Waals surface area (Å²) in [4.78, 5) is 12.2. The molecule has 2 aromatic carbocycles. The van der Waals surface area contributed by atoms with Gasteiger partial charge in [0.05, 0.1) is 27.6 Å². The van der Waals surface area contributed by atoms with E-state index in [9.17, 15) is 13.2 Å². The number of rotatable bonds is 6. The zero-order valence-electron chi connectivity index (χ0n) is 14.4. The van der Waals surface area contributed by atoms with Gasteiger partial charge in [0.15, 0.2) is 5.76 Å². The van der Waals surface area contributed by atoms with Gasteiger partial charge in [0.25, 0.3) is 15.9 Å². The number of furan rings is 1. The molecule has 0 aliphatic heterocycles. The summed E-state index contributed by atoms with van der Waals surface area (Å²) in [7, 11) is -3.83. The van der Waals surface area contributed by atoms with Crippen LogP contribution in [0.15, 0.2) is 76.2 Å². The fourth-order valence-electron chi connectivity index (χ4n) is 2.57. The Bertz CT molecular complexity index is 1030. The molecule has 0 unspecified atom stereocenters. The summed E-state index contributed by atoms with van der Waals surface area (Å²) >= 11 is 6.13. The second-order valence-corrected chi connectivity index (χ2v) is 7.85. The number of nitrogens with one attached hydrogen (secondary N) is 1. The minimum atomic E-state index is -3.83. The number of amides is 1.